The van der Waals surface area contributed by atoms with Gasteiger partial charge in [-0.1, -0.05) is 26.0 Å². The van der Waals surface area contributed by atoms with Crippen LogP contribution in [0.15, 0.2) is 48.8 Å². The lowest BCUT2D eigenvalue weighted by Crippen LogP contribution is -2.18. The van der Waals surface area contributed by atoms with Gasteiger partial charge in [-0.3, -0.25) is 4.98 Å². The van der Waals surface area contributed by atoms with Gasteiger partial charge in [-0.2, -0.15) is 0 Å². The van der Waals surface area contributed by atoms with E-state index in [-0.39, 0.29) is 6.10 Å². The van der Waals surface area contributed by atoms with Crippen LogP contribution >= 0.6 is 0 Å². The number of ether oxygens (including phenoxy) is 1. The van der Waals surface area contributed by atoms with Crippen LogP contribution in [0.1, 0.15) is 43.4 Å². The predicted octanol–water partition coefficient (Wildman–Crippen LogP) is 3.67. The van der Waals surface area contributed by atoms with E-state index < -0.39 is 0 Å². The molecule has 2 atom stereocenters. The minimum atomic E-state index is -0.132. The summed E-state index contributed by atoms with van der Waals surface area (Å²) in [6, 6.07) is 12.2. The second-order valence-corrected chi connectivity index (χ2v) is 5.00. The van der Waals surface area contributed by atoms with E-state index in [1.807, 2.05) is 24.3 Å². The molecule has 1 aromatic carbocycles. The van der Waals surface area contributed by atoms with Crippen LogP contribution in [-0.4, -0.2) is 11.5 Å². The molecule has 0 amide bonds. The Labute approximate surface area is 120 Å². The third-order valence-corrected chi connectivity index (χ3v) is 3.63. The standard InChI is InChI=1S/C17H22N2O/c1-3-13(2)14-4-6-16(7-5-14)20-17(12-18)15-8-10-19-11-9-15/h4-11,13,17H,3,12,18H2,1-2H3. The number of pyridine rings is 1. The summed E-state index contributed by atoms with van der Waals surface area (Å²) in [6.45, 7) is 4.87. The molecule has 0 saturated heterocycles. The van der Waals surface area contributed by atoms with Crippen molar-refractivity contribution in [3.63, 3.8) is 0 Å². The van der Waals surface area contributed by atoms with Gasteiger partial charge in [-0.05, 0) is 47.7 Å². The van der Waals surface area contributed by atoms with Gasteiger partial charge in [-0.25, -0.2) is 0 Å². The van der Waals surface area contributed by atoms with Crippen LogP contribution in [0.2, 0.25) is 0 Å². The van der Waals surface area contributed by atoms with E-state index in [4.69, 9.17) is 10.5 Å². The number of rotatable bonds is 6. The molecule has 0 aliphatic heterocycles. The molecule has 0 saturated carbocycles. The van der Waals surface area contributed by atoms with Crippen molar-refractivity contribution in [2.24, 2.45) is 5.73 Å². The maximum atomic E-state index is 5.97. The van der Waals surface area contributed by atoms with E-state index in [0.717, 1.165) is 17.7 Å². The molecular formula is C17H22N2O. The van der Waals surface area contributed by atoms with Gasteiger partial charge in [0.05, 0.1) is 0 Å². The van der Waals surface area contributed by atoms with Crippen LogP contribution in [0.3, 0.4) is 0 Å². The summed E-state index contributed by atoms with van der Waals surface area (Å²) in [5, 5.41) is 0. The zero-order valence-electron chi connectivity index (χ0n) is 12.1. The molecule has 1 heterocycles. The second-order valence-electron chi connectivity index (χ2n) is 5.00. The van der Waals surface area contributed by atoms with Crippen molar-refractivity contribution < 1.29 is 4.74 Å². The molecule has 3 nitrogen and oxygen atoms in total. The number of aromatic nitrogens is 1. The number of nitrogens with zero attached hydrogens (tertiary/aromatic N) is 1. The SMILES string of the molecule is CCC(C)c1ccc(OC(CN)c2ccncc2)cc1. The highest BCUT2D eigenvalue weighted by atomic mass is 16.5. The Kier molecular flexibility index (Phi) is 5.13. The van der Waals surface area contributed by atoms with Crippen molar-refractivity contribution in [2.75, 3.05) is 6.54 Å². The molecule has 2 N–H and O–H groups in total. The summed E-state index contributed by atoms with van der Waals surface area (Å²) in [5.74, 6) is 1.43. The molecule has 0 aliphatic carbocycles. The summed E-state index contributed by atoms with van der Waals surface area (Å²) in [4.78, 5) is 4.01. The van der Waals surface area contributed by atoms with Crippen LogP contribution in [0.25, 0.3) is 0 Å². The number of nitrogens with two attached hydrogens (primary N) is 1. The maximum absolute atomic E-state index is 5.97. The Morgan fingerprint density at radius 1 is 1.05 bits per heavy atom. The molecule has 0 radical (unpaired) electrons. The topological polar surface area (TPSA) is 48.1 Å². The fourth-order valence-corrected chi connectivity index (χ4v) is 2.11. The molecule has 0 bridgehead atoms. The van der Waals surface area contributed by atoms with E-state index in [9.17, 15) is 0 Å². The summed E-state index contributed by atoms with van der Waals surface area (Å²) >= 11 is 0. The lowest BCUT2D eigenvalue weighted by Gasteiger charge is -2.18. The molecule has 2 aromatic rings. The van der Waals surface area contributed by atoms with Gasteiger partial charge in [0.1, 0.15) is 11.9 Å². The van der Waals surface area contributed by atoms with E-state index in [0.29, 0.717) is 12.5 Å². The first kappa shape index (κ1) is 14.5. The number of hydrogen-bond donors (Lipinski definition) is 1. The summed E-state index contributed by atoms with van der Waals surface area (Å²) in [5.41, 5.74) is 8.20. The molecule has 2 unspecified atom stereocenters. The van der Waals surface area contributed by atoms with Crippen LogP contribution in [0, 0.1) is 0 Å². The lowest BCUT2D eigenvalue weighted by molar-refractivity contribution is 0.214. The van der Waals surface area contributed by atoms with Gasteiger partial charge in [-0.15, -0.1) is 0 Å². The molecule has 0 spiro atoms. The van der Waals surface area contributed by atoms with Crippen LogP contribution in [0.5, 0.6) is 5.75 Å². The Balaban J connectivity index is 2.08. The minimum absolute atomic E-state index is 0.132. The molecule has 1 aromatic heterocycles. The van der Waals surface area contributed by atoms with Gasteiger partial charge < -0.3 is 10.5 Å². The number of benzene rings is 1. The zero-order chi connectivity index (χ0) is 14.4. The Hall–Kier alpha value is -1.87. The van der Waals surface area contributed by atoms with Crippen LogP contribution < -0.4 is 10.5 Å². The molecular weight excluding hydrogens is 248 g/mol. The third kappa shape index (κ3) is 3.58. The van der Waals surface area contributed by atoms with E-state index in [1.165, 1.54) is 5.56 Å². The van der Waals surface area contributed by atoms with Crippen molar-refractivity contribution in [3.05, 3.63) is 59.9 Å². The van der Waals surface area contributed by atoms with Crippen molar-refractivity contribution in [1.29, 1.82) is 0 Å². The Bertz CT molecular complexity index is 510. The summed E-state index contributed by atoms with van der Waals surface area (Å²) in [6.07, 6.45) is 4.52. The highest BCUT2D eigenvalue weighted by Crippen LogP contribution is 2.24. The maximum Gasteiger partial charge on any atom is 0.136 e. The van der Waals surface area contributed by atoms with Crippen molar-refractivity contribution in [1.82, 2.24) is 4.98 Å². The third-order valence-electron chi connectivity index (χ3n) is 3.63. The van der Waals surface area contributed by atoms with E-state index in [2.05, 4.69) is 31.0 Å². The molecule has 0 fully saturated rings. The molecule has 2 rings (SSSR count). The zero-order valence-corrected chi connectivity index (χ0v) is 12.1. The van der Waals surface area contributed by atoms with Crippen LogP contribution in [-0.2, 0) is 0 Å². The molecule has 3 heteroatoms. The average molecular weight is 270 g/mol. The highest BCUT2D eigenvalue weighted by Gasteiger charge is 2.11. The Morgan fingerprint density at radius 3 is 2.25 bits per heavy atom. The van der Waals surface area contributed by atoms with E-state index >= 15 is 0 Å². The molecule has 106 valence electrons. The monoisotopic (exact) mass is 270 g/mol. The largest absolute Gasteiger partial charge is 0.484 e. The normalized spacial score (nSPS) is 13.8. The Morgan fingerprint density at radius 2 is 1.70 bits per heavy atom. The smallest absolute Gasteiger partial charge is 0.136 e. The van der Waals surface area contributed by atoms with Crippen molar-refractivity contribution in [3.8, 4) is 5.75 Å². The first-order chi connectivity index (χ1) is 9.74. The molecule has 20 heavy (non-hydrogen) atoms. The van der Waals surface area contributed by atoms with Gasteiger partial charge >= 0.3 is 0 Å². The predicted molar refractivity (Wildman–Crippen MR) is 81.8 cm³/mol. The first-order valence-electron chi connectivity index (χ1n) is 7.11. The highest BCUT2D eigenvalue weighted by molar-refractivity contribution is 5.30. The van der Waals surface area contributed by atoms with Gasteiger partial charge in [0.15, 0.2) is 0 Å². The summed E-state index contributed by atoms with van der Waals surface area (Å²) < 4.78 is 5.97. The second kappa shape index (κ2) is 7.06. The summed E-state index contributed by atoms with van der Waals surface area (Å²) in [7, 11) is 0. The first-order valence-corrected chi connectivity index (χ1v) is 7.11. The van der Waals surface area contributed by atoms with Crippen molar-refractivity contribution in [2.45, 2.75) is 32.3 Å². The minimum Gasteiger partial charge on any atom is -0.484 e. The fourth-order valence-electron chi connectivity index (χ4n) is 2.11. The molecule has 0 aliphatic rings. The van der Waals surface area contributed by atoms with E-state index in [1.54, 1.807) is 12.4 Å². The quantitative estimate of drug-likeness (QED) is 0.871. The van der Waals surface area contributed by atoms with Crippen LogP contribution in [0.4, 0.5) is 0 Å². The fraction of sp³-hybridized carbons (Fsp3) is 0.353. The van der Waals surface area contributed by atoms with Crippen molar-refractivity contribution >= 4 is 0 Å². The van der Waals surface area contributed by atoms with Gasteiger partial charge in [0, 0.05) is 18.9 Å². The number of hydrogen-bond acceptors (Lipinski definition) is 3. The van der Waals surface area contributed by atoms with Gasteiger partial charge in [0.25, 0.3) is 0 Å². The average Bonchev–Trinajstić information content (AvgIpc) is 2.53. The van der Waals surface area contributed by atoms with Gasteiger partial charge in [0.2, 0.25) is 0 Å². The lowest BCUT2D eigenvalue weighted by atomic mass is 9.99.